The normalized spacial score (nSPS) is 33.2. The molecule has 2 aliphatic carbocycles. The second-order valence-electron chi connectivity index (χ2n) is 10.5. The van der Waals surface area contributed by atoms with Crippen LogP contribution in [0.2, 0.25) is 0 Å². The van der Waals surface area contributed by atoms with Crippen LogP contribution in [-0.4, -0.2) is 52.8 Å². The highest BCUT2D eigenvalue weighted by atomic mass is 32.2. The third-order valence-electron chi connectivity index (χ3n) is 7.55. The van der Waals surface area contributed by atoms with Crippen molar-refractivity contribution < 1.29 is 28.6 Å². The lowest BCUT2D eigenvalue weighted by molar-refractivity contribution is -0.170. The van der Waals surface area contributed by atoms with Gasteiger partial charge in [0.1, 0.15) is 12.2 Å². The summed E-state index contributed by atoms with van der Waals surface area (Å²) in [5, 5.41) is 0. The number of carbonyl (C=O) groups is 3. The van der Waals surface area contributed by atoms with Gasteiger partial charge in [0, 0.05) is 29.1 Å². The smallest absolute Gasteiger partial charge is 0.312 e. The van der Waals surface area contributed by atoms with E-state index in [4.69, 9.17) is 14.2 Å². The molecule has 0 N–H and O–H groups in total. The van der Waals surface area contributed by atoms with E-state index in [2.05, 4.69) is 0 Å². The minimum absolute atomic E-state index is 0.0556. The van der Waals surface area contributed by atoms with Gasteiger partial charge in [-0.3, -0.25) is 14.4 Å². The Morgan fingerprint density at radius 1 is 1.00 bits per heavy atom. The molecule has 4 rings (SSSR count). The standard InChI is InChI=1S/C14H20O4.C10H18O2S2/c1-4-14(2,3)13(16)18-10-7-5-8-9(6-7)12(15)17-11(8)10;1-4-10(2,3)9(11)12-8-7-13-5-6-14-8/h7-11H,4-6H2,1-3H3;8H,4-7H2,1-3H3. The number of thioether (sulfide) groups is 2. The number of hydrogen-bond donors (Lipinski definition) is 0. The molecule has 6 unspecified atom stereocenters. The fourth-order valence-electron chi connectivity index (χ4n) is 4.45. The summed E-state index contributed by atoms with van der Waals surface area (Å²) in [4.78, 5) is 35.5. The molecule has 0 spiro atoms. The van der Waals surface area contributed by atoms with E-state index < -0.39 is 5.41 Å². The zero-order chi connectivity index (χ0) is 23.7. The Balaban J connectivity index is 0.000000188. The Morgan fingerprint density at radius 3 is 2.19 bits per heavy atom. The molecule has 4 aliphatic rings. The van der Waals surface area contributed by atoms with Crippen LogP contribution in [0.15, 0.2) is 0 Å². The van der Waals surface area contributed by atoms with Crippen molar-refractivity contribution in [3.63, 3.8) is 0 Å². The first kappa shape index (κ1) is 25.7. The maximum atomic E-state index is 12.1. The van der Waals surface area contributed by atoms with E-state index >= 15 is 0 Å². The summed E-state index contributed by atoms with van der Waals surface area (Å²) in [5.41, 5.74) is -0.709. The summed E-state index contributed by atoms with van der Waals surface area (Å²) in [7, 11) is 0. The molecule has 2 bridgehead atoms. The SMILES string of the molecule is CCC(C)(C)C(=O)OC1C2CC3C(=O)OC1C3C2.CCC(C)(C)C(=O)OC1CSCCS1. The highest BCUT2D eigenvalue weighted by Crippen LogP contribution is 2.55. The third-order valence-corrected chi connectivity index (χ3v) is 10.1. The third kappa shape index (κ3) is 5.43. The lowest BCUT2D eigenvalue weighted by Gasteiger charge is -2.29. The van der Waals surface area contributed by atoms with E-state index in [1.165, 1.54) is 5.75 Å². The van der Waals surface area contributed by atoms with Gasteiger partial charge in [0.05, 0.1) is 16.7 Å². The fraction of sp³-hybridized carbons (Fsp3) is 0.875. The van der Waals surface area contributed by atoms with Crippen LogP contribution in [0.5, 0.6) is 0 Å². The Labute approximate surface area is 200 Å². The van der Waals surface area contributed by atoms with Gasteiger partial charge in [-0.15, -0.1) is 11.8 Å². The number of hydrogen-bond acceptors (Lipinski definition) is 8. The van der Waals surface area contributed by atoms with Gasteiger partial charge >= 0.3 is 17.9 Å². The molecular weight excluding hydrogens is 448 g/mol. The maximum Gasteiger partial charge on any atom is 0.312 e. The van der Waals surface area contributed by atoms with Gasteiger partial charge in [-0.05, 0) is 53.4 Å². The molecule has 0 aromatic rings. The van der Waals surface area contributed by atoms with Crippen molar-refractivity contribution in [1.29, 1.82) is 0 Å². The lowest BCUT2D eigenvalue weighted by Crippen LogP contribution is -2.39. The number of ether oxygens (including phenoxy) is 3. The molecule has 0 radical (unpaired) electrons. The van der Waals surface area contributed by atoms with E-state index in [1.807, 2.05) is 53.3 Å². The van der Waals surface area contributed by atoms with Gasteiger partial charge in [0.2, 0.25) is 0 Å². The van der Waals surface area contributed by atoms with Gasteiger partial charge in [-0.25, -0.2) is 0 Å². The number of esters is 3. The van der Waals surface area contributed by atoms with E-state index in [1.54, 1.807) is 11.8 Å². The summed E-state index contributed by atoms with van der Waals surface area (Å²) < 4.78 is 16.5. The average Bonchev–Trinajstić information content (AvgIpc) is 3.40. The zero-order valence-electron chi connectivity index (χ0n) is 20.2. The van der Waals surface area contributed by atoms with Gasteiger partial charge in [0.25, 0.3) is 0 Å². The monoisotopic (exact) mass is 486 g/mol. The molecule has 182 valence electrons. The molecule has 32 heavy (non-hydrogen) atoms. The maximum absolute atomic E-state index is 12.1. The average molecular weight is 487 g/mol. The van der Waals surface area contributed by atoms with E-state index in [0.717, 1.165) is 37.2 Å². The summed E-state index contributed by atoms with van der Waals surface area (Å²) in [6.07, 6.45) is 3.03. The molecule has 0 aromatic carbocycles. The minimum atomic E-state index is -0.455. The van der Waals surface area contributed by atoms with Crippen molar-refractivity contribution in [3.05, 3.63) is 0 Å². The van der Waals surface area contributed by atoms with Crippen molar-refractivity contribution in [2.45, 2.75) is 84.9 Å². The van der Waals surface area contributed by atoms with Crippen LogP contribution in [0.1, 0.15) is 67.2 Å². The van der Waals surface area contributed by atoms with Crippen LogP contribution >= 0.6 is 23.5 Å². The summed E-state index contributed by atoms with van der Waals surface area (Å²) in [6, 6.07) is 0. The second kappa shape index (κ2) is 10.2. The highest BCUT2D eigenvalue weighted by molar-refractivity contribution is 8.06. The Hall–Kier alpha value is -0.890. The molecule has 2 heterocycles. The van der Waals surface area contributed by atoms with Gasteiger partial charge in [-0.1, -0.05) is 13.8 Å². The molecule has 0 amide bonds. The summed E-state index contributed by atoms with van der Waals surface area (Å²) >= 11 is 3.62. The molecular formula is C24H38O6S2. The van der Waals surface area contributed by atoms with Crippen LogP contribution in [0.4, 0.5) is 0 Å². The second-order valence-corrected chi connectivity index (χ2v) is 12.9. The molecule has 2 saturated carbocycles. The van der Waals surface area contributed by atoms with Crippen LogP contribution in [0, 0.1) is 28.6 Å². The van der Waals surface area contributed by atoms with Crippen molar-refractivity contribution in [2.75, 3.05) is 17.3 Å². The molecule has 6 nitrogen and oxygen atoms in total. The zero-order valence-corrected chi connectivity index (χ0v) is 21.8. The van der Waals surface area contributed by atoms with Gasteiger partial charge in [0.15, 0.2) is 5.44 Å². The topological polar surface area (TPSA) is 78.9 Å². The van der Waals surface area contributed by atoms with E-state index in [9.17, 15) is 14.4 Å². The summed E-state index contributed by atoms with van der Waals surface area (Å²) in [5.74, 6) is 3.61. The lowest BCUT2D eigenvalue weighted by atomic mass is 9.87. The van der Waals surface area contributed by atoms with Gasteiger partial charge in [-0.2, -0.15) is 11.8 Å². The highest BCUT2D eigenvalue weighted by Gasteiger charge is 2.63. The minimum Gasteiger partial charge on any atom is -0.458 e. The predicted molar refractivity (Wildman–Crippen MR) is 127 cm³/mol. The van der Waals surface area contributed by atoms with E-state index in [0.29, 0.717) is 11.8 Å². The van der Waals surface area contributed by atoms with Crippen molar-refractivity contribution in [3.8, 4) is 0 Å². The van der Waals surface area contributed by atoms with Crippen LogP contribution in [0.25, 0.3) is 0 Å². The quantitative estimate of drug-likeness (QED) is 0.395. The van der Waals surface area contributed by atoms with E-state index in [-0.39, 0.29) is 46.9 Å². The predicted octanol–water partition coefficient (Wildman–Crippen LogP) is 4.69. The number of rotatable bonds is 6. The molecule has 0 aromatic heterocycles. The largest absolute Gasteiger partial charge is 0.458 e. The first-order chi connectivity index (χ1) is 15.0. The van der Waals surface area contributed by atoms with Crippen molar-refractivity contribution >= 4 is 41.4 Å². The van der Waals surface area contributed by atoms with Crippen molar-refractivity contribution in [1.82, 2.24) is 0 Å². The Morgan fingerprint density at radius 2 is 1.62 bits per heavy atom. The van der Waals surface area contributed by atoms with Gasteiger partial charge < -0.3 is 14.2 Å². The Kier molecular flexibility index (Phi) is 8.17. The molecule has 2 aliphatic heterocycles. The number of carbonyl (C=O) groups excluding carboxylic acids is 3. The molecule has 4 fully saturated rings. The van der Waals surface area contributed by atoms with Crippen LogP contribution < -0.4 is 0 Å². The van der Waals surface area contributed by atoms with Crippen molar-refractivity contribution in [2.24, 2.45) is 28.6 Å². The van der Waals surface area contributed by atoms with Crippen LogP contribution in [0.3, 0.4) is 0 Å². The Bertz CT molecular complexity index is 715. The molecule has 6 atom stereocenters. The fourth-order valence-corrected chi connectivity index (χ4v) is 6.82. The first-order valence-electron chi connectivity index (χ1n) is 11.8. The van der Waals surface area contributed by atoms with Crippen LogP contribution in [-0.2, 0) is 28.6 Å². The number of fused-ring (bicyclic) bond motifs is 1. The first-order valence-corrected chi connectivity index (χ1v) is 14.0. The molecule has 8 heteroatoms. The summed E-state index contributed by atoms with van der Waals surface area (Å²) in [6.45, 7) is 11.7. The molecule has 2 saturated heterocycles.